The molecule has 1 fully saturated rings. The molecule has 1 aliphatic heterocycles. The summed E-state index contributed by atoms with van der Waals surface area (Å²) in [5, 5.41) is 6.56. The number of nitrogens with one attached hydrogen (secondary N) is 2. The fraction of sp³-hybridized carbons (Fsp3) is 1.00. The summed E-state index contributed by atoms with van der Waals surface area (Å²) < 4.78 is 0. The van der Waals surface area contributed by atoms with Gasteiger partial charge in [0.15, 0.2) is 7.98 Å². The highest BCUT2D eigenvalue weighted by Gasteiger charge is 2.08. The Kier molecular flexibility index (Phi) is 2.37. The van der Waals surface area contributed by atoms with Gasteiger partial charge >= 0.3 is 0 Å². The molecule has 1 aliphatic rings. The lowest BCUT2D eigenvalue weighted by atomic mass is 10.1. The van der Waals surface area contributed by atoms with Gasteiger partial charge in [0.05, 0.1) is 0 Å². The van der Waals surface area contributed by atoms with Gasteiger partial charge in [-0.15, -0.1) is 0 Å². The highest BCUT2D eigenvalue weighted by Crippen LogP contribution is 1.98. The van der Waals surface area contributed by atoms with Gasteiger partial charge in [-0.25, -0.2) is 0 Å². The standard InChI is InChI=1S/C5H13BN2/c6-8-5-2-1-3-7-4-5/h5,7-8H,1-4,6H2. The number of rotatable bonds is 1. The first-order valence-corrected chi connectivity index (χ1v) is 3.31. The van der Waals surface area contributed by atoms with E-state index in [9.17, 15) is 0 Å². The molecule has 0 aromatic heterocycles. The predicted molar refractivity (Wildman–Crippen MR) is 37.6 cm³/mol. The summed E-state index contributed by atoms with van der Waals surface area (Å²) in [5.41, 5.74) is 0. The summed E-state index contributed by atoms with van der Waals surface area (Å²) in [6.45, 7) is 2.36. The lowest BCUT2D eigenvalue weighted by molar-refractivity contribution is 0.438. The molecule has 0 aromatic carbocycles. The van der Waals surface area contributed by atoms with Crippen LogP contribution in [0, 0.1) is 0 Å². The average Bonchev–Trinajstić information content (AvgIpc) is 1.90. The zero-order valence-electron chi connectivity index (χ0n) is 5.41. The first kappa shape index (κ1) is 6.11. The molecule has 0 aromatic rings. The molecule has 0 bridgehead atoms. The molecule has 0 amide bonds. The molecule has 1 unspecified atom stereocenters. The van der Waals surface area contributed by atoms with Crippen molar-refractivity contribution < 1.29 is 0 Å². The first-order chi connectivity index (χ1) is 3.93. The highest BCUT2D eigenvalue weighted by atomic mass is 14.9. The Morgan fingerprint density at radius 3 is 2.88 bits per heavy atom. The van der Waals surface area contributed by atoms with E-state index in [4.69, 9.17) is 0 Å². The molecule has 1 atom stereocenters. The van der Waals surface area contributed by atoms with Crippen molar-refractivity contribution in [2.75, 3.05) is 13.1 Å². The molecule has 0 spiro atoms. The Bertz CT molecular complexity index is 61.4. The fourth-order valence-electron chi connectivity index (χ4n) is 1.10. The molecule has 2 nitrogen and oxygen atoms in total. The Labute approximate surface area is 51.5 Å². The van der Waals surface area contributed by atoms with Crippen molar-refractivity contribution in [3.8, 4) is 0 Å². The van der Waals surface area contributed by atoms with E-state index in [1.807, 2.05) is 7.98 Å². The van der Waals surface area contributed by atoms with Crippen LogP contribution in [-0.4, -0.2) is 27.1 Å². The van der Waals surface area contributed by atoms with E-state index < -0.39 is 0 Å². The van der Waals surface area contributed by atoms with E-state index in [1.165, 1.54) is 19.4 Å². The van der Waals surface area contributed by atoms with E-state index in [0.29, 0.717) is 0 Å². The third-order valence-corrected chi connectivity index (χ3v) is 1.71. The van der Waals surface area contributed by atoms with Gasteiger partial charge in [0.1, 0.15) is 0 Å². The lowest BCUT2D eigenvalue weighted by Crippen LogP contribution is -2.41. The molecule has 46 valence electrons. The Morgan fingerprint density at radius 2 is 2.50 bits per heavy atom. The summed E-state index contributed by atoms with van der Waals surface area (Å²) in [5.74, 6) is 0. The van der Waals surface area contributed by atoms with Crippen molar-refractivity contribution in [1.29, 1.82) is 0 Å². The van der Waals surface area contributed by atoms with Crippen LogP contribution < -0.4 is 10.5 Å². The van der Waals surface area contributed by atoms with Crippen molar-refractivity contribution in [2.45, 2.75) is 18.9 Å². The zero-order valence-corrected chi connectivity index (χ0v) is 5.41. The maximum atomic E-state index is 3.32. The van der Waals surface area contributed by atoms with Crippen LogP contribution >= 0.6 is 0 Å². The Balaban J connectivity index is 2.13. The van der Waals surface area contributed by atoms with Crippen LogP contribution in [0.5, 0.6) is 0 Å². The maximum absolute atomic E-state index is 3.32. The molecular weight excluding hydrogens is 98.9 g/mol. The molecule has 8 heavy (non-hydrogen) atoms. The quantitative estimate of drug-likeness (QED) is 0.419. The Hall–Kier alpha value is -0.0151. The fourth-order valence-corrected chi connectivity index (χ4v) is 1.10. The molecule has 1 saturated heterocycles. The second-order valence-electron chi connectivity index (χ2n) is 2.33. The SMILES string of the molecule is BNC1CCCNC1. The third kappa shape index (κ3) is 1.49. The van der Waals surface area contributed by atoms with Crippen LogP contribution in [0.25, 0.3) is 0 Å². The minimum Gasteiger partial charge on any atom is -0.358 e. The molecule has 0 aliphatic carbocycles. The van der Waals surface area contributed by atoms with Crippen molar-refractivity contribution in [1.82, 2.24) is 10.5 Å². The van der Waals surface area contributed by atoms with Gasteiger partial charge in [0.25, 0.3) is 0 Å². The van der Waals surface area contributed by atoms with Gasteiger partial charge in [-0.3, -0.25) is 0 Å². The summed E-state index contributed by atoms with van der Waals surface area (Å²) in [4.78, 5) is 0. The molecule has 1 rings (SSSR count). The van der Waals surface area contributed by atoms with Crippen LogP contribution in [0.15, 0.2) is 0 Å². The smallest absolute Gasteiger partial charge is 0.182 e. The van der Waals surface area contributed by atoms with Gasteiger partial charge < -0.3 is 10.5 Å². The summed E-state index contributed by atoms with van der Waals surface area (Å²) in [6.07, 6.45) is 2.66. The van der Waals surface area contributed by atoms with Crippen LogP contribution in [0.2, 0.25) is 0 Å². The minimum atomic E-state index is 0.726. The number of hydrogen-bond donors (Lipinski definition) is 2. The summed E-state index contributed by atoms with van der Waals surface area (Å²) in [6, 6.07) is 0.726. The molecule has 3 heteroatoms. The Morgan fingerprint density at radius 1 is 1.62 bits per heavy atom. The number of hydrogen-bond acceptors (Lipinski definition) is 2. The van der Waals surface area contributed by atoms with E-state index in [2.05, 4.69) is 10.5 Å². The van der Waals surface area contributed by atoms with Crippen LogP contribution in [0.1, 0.15) is 12.8 Å². The predicted octanol–water partition coefficient (Wildman–Crippen LogP) is -1.12. The normalized spacial score (nSPS) is 30.2. The van der Waals surface area contributed by atoms with E-state index in [1.54, 1.807) is 0 Å². The zero-order chi connectivity index (χ0) is 5.82. The monoisotopic (exact) mass is 112 g/mol. The van der Waals surface area contributed by atoms with Crippen molar-refractivity contribution in [3.05, 3.63) is 0 Å². The van der Waals surface area contributed by atoms with Gasteiger partial charge in [-0.1, -0.05) is 0 Å². The highest BCUT2D eigenvalue weighted by molar-refractivity contribution is 6.04. The molecular formula is C5H13BN2. The largest absolute Gasteiger partial charge is 0.358 e. The van der Waals surface area contributed by atoms with Gasteiger partial charge in [-0.2, -0.15) is 0 Å². The first-order valence-electron chi connectivity index (χ1n) is 3.31. The molecule has 0 saturated carbocycles. The third-order valence-electron chi connectivity index (χ3n) is 1.71. The van der Waals surface area contributed by atoms with Crippen molar-refractivity contribution >= 4 is 7.98 Å². The van der Waals surface area contributed by atoms with E-state index in [0.717, 1.165) is 12.6 Å². The average molecular weight is 112 g/mol. The van der Waals surface area contributed by atoms with Crippen LogP contribution in [0.4, 0.5) is 0 Å². The molecule has 1 heterocycles. The summed E-state index contributed by atoms with van der Waals surface area (Å²) in [7, 11) is 2.03. The molecule has 0 radical (unpaired) electrons. The number of piperidine rings is 1. The lowest BCUT2D eigenvalue weighted by Gasteiger charge is -2.21. The second kappa shape index (κ2) is 3.10. The topological polar surface area (TPSA) is 24.1 Å². The van der Waals surface area contributed by atoms with Crippen molar-refractivity contribution in [2.24, 2.45) is 0 Å². The summed E-state index contributed by atoms with van der Waals surface area (Å²) >= 11 is 0. The van der Waals surface area contributed by atoms with Crippen molar-refractivity contribution in [3.63, 3.8) is 0 Å². The maximum Gasteiger partial charge on any atom is 0.182 e. The van der Waals surface area contributed by atoms with Gasteiger partial charge in [-0.05, 0) is 19.4 Å². The van der Waals surface area contributed by atoms with E-state index in [-0.39, 0.29) is 0 Å². The van der Waals surface area contributed by atoms with Crippen LogP contribution in [0.3, 0.4) is 0 Å². The van der Waals surface area contributed by atoms with E-state index >= 15 is 0 Å². The molecule has 2 N–H and O–H groups in total. The van der Waals surface area contributed by atoms with Gasteiger partial charge in [0.2, 0.25) is 0 Å². The minimum absolute atomic E-state index is 0.726. The second-order valence-corrected chi connectivity index (χ2v) is 2.33. The van der Waals surface area contributed by atoms with Crippen LogP contribution in [-0.2, 0) is 0 Å². The van der Waals surface area contributed by atoms with Gasteiger partial charge in [0, 0.05) is 12.6 Å².